The van der Waals surface area contributed by atoms with Gasteiger partial charge in [0.25, 0.3) is 0 Å². The molecule has 0 spiro atoms. The van der Waals surface area contributed by atoms with Gasteiger partial charge in [-0.25, -0.2) is 4.79 Å². The van der Waals surface area contributed by atoms with E-state index >= 15 is 0 Å². The Morgan fingerprint density at radius 1 is 0.972 bits per heavy atom. The number of para-hydroxylation sites is 1. The lowest BCUT2D eigenvalue weighted by molar-refractivity contribution is 0.0600. The first-order valence-corrected chi connectivity index (χ1v) is 11.7. The van der Waals surface area contributed by atoms with Gasteiger partial charge in [0.05, 0.1) is 23.6 Å². The number of hydrogen-bond acceptors (Lipinski definition) is 8. The van der Waals surface area contributed by atoms with Crippen LogP contribution in [0.3, 0.4) is 0 Å². The van der Waals surface area contributed by atoms with Gasteiger partial charge >= 0.3 is 5.97 Å². The van der Waals surface area contributed by atoms with Crippen molar-refractivity contribution >= 4 is 22.6 Å². The van der Waals surface area contributed by atoms with Crippen molar-refractivity contribution in [3.63, 3.8) is 0 Å². The second kappa shape index (κ2) is 10.1. The molecule has 1 saturated heterocycles. The lowest BCUT2D eigenvalue weighted by atomic mass is 10.1. The number of nitrogens with zero attached hydrogens (tertiary/aromatic N) is 2. The van der Waals surface area contributed by atoms with Gasteiger partial charge in [-0.1, -0.05) is 18.2 Å². The number of phenolic OH excluding ortho intramolecular Hbond substituents is 1. The Kier molecular flexibility index (Phi) is 6.60. The van der Waals surface area contributed by atoms with E-state index in [1.54, 1.807) is 30.3 Å². The average molecular weight is 487 g/mol. The van der Waals surface area contributed by atoms with Crippen LogP contribution in [0.25, 0.3) is 11.0 Å². The third kappa shape index (κ3) is 4.76. The number of carbonyl (C=O) groups excluding carboxylic acids is 1. The summed E-state index contributed by atoms with van der Waals surface area (Å²) in [4.78, 5) is 29.3. The maximum Gasteiger partial charge on any atom is 0.337 e. The Balaban J connectivity index is 1.34. The van der Waals surface area contributed by atoms with Gasteiger partial charge in [0.15, 0.2) is 0 Å². The lowest BCUT2D eigenvalue weighted by Crippen LogP contribution is -2.46. The van der Waals surface area contributed by atoms with Crippen molar-refractivity contribution in [3.8, 4) is 17.2 Å². The van der Waals surface area contributed by atoms with Crippen molar-refractivity contribution in [2.75, 3.05) is 38.2 Å². The highest BCUT2D eigenvalue weighted by Crippen LogP contribution is 2.30. The van der Waals surface area contributed by atoms with Crippen LogP contribution >= 0.6 is 0 Å². The summed E-state index contributed by atoms with van der Waals surface area (Å²) in [7, 11) is 1.31. The Morgan fingerprint density at radius 3 is 2.39 bits per heavy atom. The fourth-order valence-corrected chi connectivity index (χ4v) is 4.38. The molecule has 8 nitrogen and oxygen atoms in total. The van der Waals surface area contributed by atoms with Crippen molar-refractivity contribution in [2.24, 2.45) is 0 Å². The molecule has 1 aliphatic rings. The molecule has 5 rings (SSSR count). The first-order chi connectivity index (χ1) is 17.5. The number of esters is 1. The summed E-state index contributed by atoms with van der Waals surface area (Å²) >= 11 is 0. The Hall–Kier alpha value is -4.30. The number of fused-ring (bicyclic) bond motifs is 1. The third-order valence-corrected chi connectivity index (χ3v) is 6.37. The number of rotatable bonds is 6. The van der Waals surface area contributed by atoms with Crippen LogP contribution in [0.15, 0.2) is 82.2 Å². The molecule has 0 atom stereocenters. The first-order valence-electron chi connectivity index (χ1n) is 11.7. The minimum atomic E-state index is -0.458. The van der Waals surface area contributed by atoms with E-state index in [9.17, 15) is 14.7 Å². The fourth-order valence-electron chi connectivity index (χ4n) is 4.38. The molecule has 1 aromatic heterocycles. The quantitative estimate of drug-likeness (QED) is 0.401. The number of phenols is 1. The molecule has 8 heteroatoms. The predicted octanol–water partition coefficient (Wildman–Crippen LogP) is 4.40. The maximum absolute atomic E-state index is 13.1. The van der Waals surface area contributed by atoms with Crippen LogP contribution in [-0.4, -0.2) is 49.3 Å². The van der Waals surface area contributed by atoms with E-state index in [0.29, 0.717) is 34.4 Å². The van der Waals surface area contributed by atoms with Gasteiger partial charge in [-0.15, -0.1) is 0 Å². The van der Waals surface area contributed by atoms with E-state index in [0.717, 1.165) is 26.2 Å². The molecular weight excluding hydrogens is 460 g/mol. The molecule has 0 bridgehead atoms. The van der Waals surface area contributed by atoms with E-state index < -0.39 is 5.97 Å². The van der Waals surface area contributed by atoms with Crippen LogP contribution in [0.4, 0.5) is 5.69 Å². The van der Waals surface area contributed by atoms with Crippen LogP contribution in [0, 0.1) is 0 Å². The van der Waals surface area contributed by atoms with Gasteiger partial charge in [-0.05, 0) is 48.5 Å². The molecule has 184 valence electrons. The largest absolute Gasteiger partial charge is 0.507 e. The smallest absolute Gasteiger partial charge is 0.337 e. The van der Waals surface area contributed by atoms with Crippen molar-refractivity contribution in [1.29, 1.82) is 0 Å². The fraction of sp³-hybridized carbons (Fsp3) is 0.214. The molecule has 1 aliphatic heterocycles. The predicted molar refractivity (Wildman–Crippen MR) is 136 cm³/mol. The summed E-state index contributed by atoms with van der Waals surface area (Å²) < 4.78 is 16.2. The molecule has 0 radical (unpaired) electrons. The van der Waals surface area contributed by atoms with Gasteiger partial charge < -0.3 is 23.9 Å². The van der Waals surface area contributed by atoms with Crippen LogP contribution < -0.4 is 15.1 Å². The van der Waals surface area contributed by atoms with E-state index in [1.807, 2.05) is 18.2 Å². The van der Waals surface area contributed by atoms with Crippen LogP contribution in [-0.2, 0) is 11.3 Å². The molecule has 3 aromatic carbocycles. The average Bonchev–Trinajstić information content (AvgIpc) is 2.92. The summed E-state index contributed by atoms with van der Waals surface area (Å²) in [5.41, 5.74) is 2.15. The highest BCUT2D eigenvalue weighted by atomic mass is 16.5. The molecule has 1 fully saturated rings. The molecule has 4 aromatic rings. The zero-order valence-corrected chi connectivity index (χ0v) is 19.8. The molecule has 1 N–H and O–H groups in total. The van der Waals surface area contributed by atoms with Crippen LogP contribution in [0.5, 0.6) is 17.2 Å². The number of hydrogen-bond donors (Lipinski definition) is 1. The molecule has 2 heterocycles. The molecule has 0 amide bonds. The van der Waals surface area contributed by atoms with Gasteiger partial charge in [-0.2, -0.15) is 0 Å². The number of methoxy groups -OCH3 is 1. The minimum Gasteiger partial charge on any atom is -0.507 e. The van der Waals surface area contributed by atoms with E-state index in [1.165, 1.54) is 25.1 Å². The maximum atomic E-state index is 13.1. The number of ether oxygens (including phenoxy) is 2. The van der Waals surface area contributed by atoms with Crippen molar-refractivity contribution in [3.05, 3.63) is 94.3 Å². The van der Waals surface area contributed by atoms with E-state index in [4.69, 9.17) is 13.9 Å². The Bertz CT molecular complexity index is 1420. The van der Waals surface area contributed by atoms with Crippen LogP contribution in [0.2, 0.25) is 0 Å². The third-order valence-electron chi connectivity index (χ3n) is 6.37. The second-order valence-corrected chi connectivity index (χ2v) is 8.59. The topological polar surface area (TPSA) is 92.5 Å². The number of benzene rings is 3. The summed E-state index contributed by atoms with van der Waals surface area (Å²) in [6, 6.07) is 19.6. The van der Waals surface area contributed by atoms with E-state index in [2.05, 4.69) is 21.9 Å². The molecule has 0 aliphatic carbocycles. The number of carbonyl (C=O) groups is 1. The van der Waals surface area contributed by atoms with Gasteiger partial charge in [0.1, 0.15) is 23.3 Å². The Labute approximate surface area is 207 Å². The summed E-state index contributed by atoms with van der Waals surface area (Å²) in [5, 5.41) is 10.9. The summed E-state index contributed by atoms with van der Waals surface area (Å²) in [5.74, 6) is 0.0230. The van der Waals surface area contributed by atoms with Gasteiger partial charge in [0, 0.05) is 38.4 Å². The number of piperazine rings is 1. The van der Waals surface area contributed by atoms with Crippen molar-refractivity contribution in [1.82, 2.24) is 4.90 Å². The van der Waals surface area contributed by atoms with Gasteiger partial charge in [0.2, 0.25) is 11.2 Å². The summed E-state index contributed by atoms with van der Waals surface area (Å²) in [6.07, 6.45) is 1.26. The molecular formula is C28H26N2O6. The number of anilines is 1. The lowest BCUT2D eigenvalue weighted by Gasteiger charge is -2.36. The van der Waals surface area contributed by atoms with Crippen molar-refractivity contribution in [2.45, 2.75) is 6.54 Å². The first kappa shape index (κ1) is 23.4. The molecule has 0 unspecified atom stereocenters. The van der Waals surface area contributed by atoms with Gasteiger partial charge in [-0.3, -0.25) is 9.69 Å². The Morgan fingerprint density at radius 2 is 1.69 bits per heavy atom. The van der Waals surface area contributed by atoms with Crippen LogP contribution in [0.1, 0.15) is 15.9 Å². The van der Waals surface area contributed by atoms with Crippen molar-refractivity contribution < 1.29 is 23.8 Å². The number of aromatic hydroxyl groups is 1. The summed E-state index contributed by atoms with van der Waals surface area (Å²) in [6.45, 7) is 3.83. The van der Waals surface area contributed by atoms with E-state index in [-0.39, 0.29) is 16.9 Å². The second-order valence-electron chi connectivity index (χ2n) is 8.59. The standard InChI is InChI=1S/C28H26N2O6/c1-34-28(33)19-7-9-21(10-8-19)36-25-18-35-27-22(26(25)32)11-12-24(31)23(27)17-29-13-15-30(16-14-29)20-5-3-2-4-6-20/h2-12,18,31H,13-17H2,1H3. The minimum absolute atomic E-state index is 0.0152. The monoisotopic (exact) mass is 486 g/mol. The zero-order chi connectivity index (χ0) is 25.1. The SMILES string of the molecule is COC(=O)c1ccc(Oc2coc3c(CN4CCN(c5ccccc5)CC4)c(O)ccc3c2=O)cc1. The molecule has 0 saturated carbocycles. The normalized spacial score (nSPS) is 14.1. The highest BCUT2D eigenvalue weighted by Gasteiger charge is 2.21. The highest BCUT2D eigenvalue weighted by molar-refractivity contribution is 5.89. The molecule has 36 heavy (non-hydrogen) atoms. The zero-order valence-electron chi connectivity index (χ0n) is 19.8.